The SMILES string of the molecule is CCCCCCCCCCCCOC1CCC(OCCOP(=O)(O)OCC[N+]2(C)CCCCC2)CC1. The van der Waals surface area contributed by atoms with E-state index >= 15 is 0 Å². The molecule has 0 spiro atoms. The van der Waals surface area contributed by atoms with Crippen molar-refractivity contribution in [1.82, 2.24) is 0 Å². The molecule has 1 unspecified atom stereocenters. The highest BCUT2D eigenvalue weighted by Crippen LogP contribution is 2.43. The van der Waals surface area contributed by atoms with Crippen molar-refractivity contribution in [3.8, 4) is 0 Å². The number of piperidine rings is 1. The van der Waals surface area contributed by atoms with Crippen molar-refractivity contribution in [2.24, 2.45) is 0 Å². The summed E-state index contributed by atoms with van der Waals surface area (Å²) in [5.41, 5.74) is 0. The van der Waals surface area contributed by atoms with E-state index in [4.69, 9.17) is 18.5 Å². The molecule has 8 heteroatoms. The van der Waals surface area contributed by atoms with E-state index in [1.807, 2.05) is 0 Å². The lowest BCUT2D eigenvalue weighted by molar-refractivity contribution is -0.914. The predicted molar refractivity (Wildman–Crippen MR) is 146 cm³/mol. The Morgan fingerprint density at radius 2 is 1.19 bits per heavy atom. The van der Waals surface area contributed by atoms with E-state index in [2.05, 4.69) is 14.0 Å². The Bertz CT molecular complexity index is 578. The quantitative estimate of drug-likeness (QED) is 0.0969. The minimum absolute atomic E-state index is 0.0784. The molecule has 0 radical (unpaired) electrons. The van der Waals surface area contributed by atoms with Gasteiger partial charge in [0, 0.05) is 6.61 Å². The minimum Gasteiger partial charge on any atom is -0.378 e. The molecule has 1 aliphatic carbocycles. The molecule has 2 aliphatic rings. The molecule has 1 atom stereocenters. The van der Waals surface area contributed by atoms with Gasteiger partial charge in [0.05, 0.1) is 45.6 Å². The van der Waals surface area contributed by atoms with Crippen LogP contribution < -0.4 is 0 Å². The average Bonchev–Trinajstić information content (AvgIpc) is 2.86. The Morgan fingerprint density at radius 1 is 0.694 bits per heavy atom. The topological polar surface area (TPSA) is 74.2 Å². The number of unbranched alkanes of at least 4 members (excludes halogenated alkanes) is 9. The summed E-state index contributed by atoms with van der Waals surface area (Å²) in [5, 5.41) is 0. The Kier molecular flexibility index (Phi) is 17.1. The number of hydrogen-bond acceptors (Lipinski definition) is 5. The van der Waals surface area contributed by atoms with Crippen LogP contribution in [0.25, 0.3) is 0 Å². The molecule has 2 fully saturated rings. The molecular formula is C28H57NO6P+. The first-order valence-electron chi connectivity index (χ1n) is 15.1. The number of nitrogens with zero attached hydrogens (tertiary/aromatic N) is 1. The molecule has 0 aromatic heterocycles. The predicted octanol–water partition coefficient (Wildman–Crippen LogP) is 7.02. The lowest BCUT2D eigenvalue weighted by Crippen LogP contribution is -2.49. The number of phosphoric ester groups is 1. The second kappa shape index (κ2) is 19.1. The summed E-state index contributed by atoms with van der Waals surface area (Å²) in [6.45, 7) is 6.76. The van der Waals surface area contributed by atoms with Gasteiger partial charge in [0.1, 0.15) is 13.2 Å². The summed E-state index contributed by atoms with van der Waals surface area (Å²) in [4.78, 5) is 9.93. The fraction of sp³-hybridized carbons (Fsp3) is 1.00. The normalized spacial score (nSPS) is 24.0. The van der Waals surface area contributed by atoms with E-state index in [1.54, 1.807) is 0 Å². The summed E-state index contributed by atoms with van der Waals surface area (Å²) in [7, 11) is -1.82. The van der Waals surface area contributed by atoms with E-state index in [1.165, 1.54) is 83.5 Å². The van der Waals surface area contributed by atoms with Gasteiger partial charge in [-0.3, -0.25) is 9.05 Å². The average molecular weight is 535 g/mol. The van der Waals surface area contributed by atoms with Gasteiger partial charge in [-0.2, -0.15) is 0 Å². The number of likely N-dealkylation sites (tertiary alicyclic amines) is 1. The highest BCUT2D eigenvalue weighted by Gasteiger charge is 2.28. The van der Waals surface area contributed by atoms with Gasteiger partial charge in [0.25, 0.3) is 0 Å². The molecule has 214 valence electrons. The van der Waals surface area contributed by atoms with Gasteiger partial charge in [0.15, 0.2) is 0 Å². The first kappa shape index (κ1) is 32.2. The van der Waals surface area contributed by atoms with Crippen molar-refractivity contribution in [1.29, 1.82) is 0 Å². The lowest BCUT2D eigenvalue weighted by atomic mass is 9.95. The van der Waals surface area contributed by atoms with E-state index in [9.17, 15) is 9.46 Å². The third-order valence-electron chi connectivity index (χ3n) is 7.95. The molecular weight excluding hydrogens is 477 g/mol. The zero-order chi connectivity index (χ0) is 26.0. The van der Waals surface area contributed by atoms with E-state index in [-0.39, 0.29) is 19.3 Å². The number of ether oxygens (including phenoxy) is 2. The third-order valence-corrected chi connectivity index (χ3v) is 8.96. The molecule has 2 rings (SSSR count). The largest absolute Gasteiger partial charge is 0.472 e. The van der Waals surface area contributed by atoms with Crippen LogP contribution in [-0.4, -0.2) is 74.7 Å². The Hall–Kier alpha value is -0.0100. The zero-order valence-corrected chi connectivity index (χ0v) is 24.4. The van der Waals surface area contributed by atoms with Crippen LogP contribution in [0.3, 0.4) is 0 Å². The van der Waals surface area contributed by atoms with Gasteiger partial charge in [-0.25, -0.2) is 4.57 Å². The summed E-state index contributed by atoms with van der Waals surface area (Å²) < 4.78 is 35.3. The van der Waals surface area contributed by atoms with Crippen molar-refractivity contribution in [3.63, 3.8) is 0 Å². The molecule has 7 nitrogen and oxygen atoms in total. The molecule has 1 heterocycles. The molecule has 1 saturated carbocycles. The van der Waals surface area contributed by atoms with Gasteiger partial charge in [0.2, 0.25) is 0 Å². The van der Waals surface area contributed by atoms with Gasteiger partial charge >= 0.3 is 7.82 Å². The second-order valence-corrected chi connectivity index (χ2v) is 12.8. The van der Waals surface area contributed by atoms with Crippen LogP contribution in [0.4, 0.5) is 0 Å². The van der Waals surface area contributed by atoms with Crippen LogP contribution in [0.2, 0.25) is 0 Å². The monoisotopic (exact) mass is 534 g/mol. The van der Waals surface area contributed by atoms with E-state index < -0.39 is 7.82 Å². The van der Waals surface area contributed by atoms with Crippen molar-refractivity contribution >= 4 is 7.82 Å². The number of likely N-dealkylation sites (N-methyl/N-ethyl adjacent to an activating group) is 1. The second-order valence-electron chi connectivity index (χ2n) is 11.3. The van der Waals surface area contributed by atoms with Crippen LogP contribution in [0, 0.1) is 0 Å². The molecule has 0 bridgehead atoms. The van der Waals surface area contributed by atoms with Crippen LogP contribution in [0.5, 0.6) is 0 Å². The third kappa shape index (κ3) is 15.4. The highest BCUT2D eigenvalue weighted by atomic mass is 31.2. The maximum absolute atomic E-state index is 12.1. The molecule has 1 saturated heterocycles. The van der Waals surface area contributed by atoms with Crippen LogP contribution >= 0.6 is 7.82 Å². The summed E-state index contributed by atoms with van der Waals surface area (Å²) >= 11 is 0. The van der Waals surface area contributed by atoms with Gasteiger partial charge < -0.3 is 18.9 Å². The van der Waals surface area contributed by atoms with Gasteiger partial charge in [-0.15, -0.1) is 0 Å². The summed E-state index contributed by atoms with van der Waals surface area (Å²) in [5.74, 6) is 0. The van der Waals surface area contributed by atoms with Crippen molar-refractivity contribution in [2.75, 3.05) is 53.1 Å². The van der Waals surface area contributed by atoms with E-state index in [0.29, 0.717) is 12.7 Å². The molecule has 36 heavy (non-hydrogen) atoms. The van der Waals surface area contributed by atoms with Crippen LogP contribution in [0.1, 0.15) is 116 Å². The Balaban J connectivity index is 1.39. The van der Waals surface area contributed by atoms with Crippen LogP contribution in [0.15, 0.2) is 0 Å². The molecule has 0 aromatic carbocycles. The van der Waals surface area contributed by atoms with Crippen molar-refractivity contribution in [2.45, 2.75) is 128 Å². The van der Waals surface area contributed by atoms with Crippen molar-refractivity contribution in [3.05, 3.63) is 0 Å². The first-order chi connectivity index (χ1) is 17.4. The smallest absolute Gasteiger partial charge is 0.378 e. The summed E-state index contributed by atoms with van der Waals surface area (Å²) in [6.07, 6.45) is 21.8. The fourth-order valence-corrected chi connectivity index (χ4v) is 6.18. The first-order valence-corrected chi connectivity index (χ1v) is 16.6. The molecule has 1 aliphatic heterocycles. The van der Waals surface area contributed by atoms with Gasteiger partial charge in [-0.05, 0) is 51.4 Å². The maximum atomic E-state index is 12.1. The summed E-state index contributed by atoms with van der Waals surface area (Å²) in [6, 6.07) is 0. The number of quaternary nitrogens is 1. The van der Waals surface area contributed by atoms with E-state index in [0.717, 1.165) is 56.4 Å². The Morgan fingerprint density at radius 3 is 1.78 bits per heavy atom. The maximum Gasteiger partial charge on any atom is 0.472 e. The standard InChI is InChI=1S/C28H56NO6P/c1-3-4-5-6-7-8-9-10-11-15-23-32-27-16-18-28(19-17-27)33-25-26-35-36(30,31)34-24-22-29(2)20-13-12-14-21-29/h27-28H,3-26H2,1-2H3/p+1. The number of hydrogen-bond donors (Lipinski definition) is 1. The molecule has 0 aromatic rings. The lowest BCUT2D eigenvalue weighted by Gasteiger charge is -2.37. The minimum atomic E-state index is -4.01. The molecule has 1 N–H and O–H groups in total. The Labute approximate surface area is 221 Å². The fourth-order valence-electron chi connectivity index (χ4n) is 5.49. The molecule has 0 amide bonds. The number of rotatable bonds is 21. The number of phosphoric acid groups is 1. The van der Waals surface area contributed by atoms with Gasteiger partial charge in [-0.1, -0.05) is 64.7 Å². The zero-order valence-electron chi connectivity index (χ0n) is 23.5. The van der Waals surface area contributed by atoms with Crippen molar-refractivity contribution < 1.29 is 32.5 Å². The van der Waals surface area contributed by atoms with Crippen LogP contribution in [-0.2, 0) is 23.1 Å². The highest BCUT2D eigenvalue weighted by molar-refractivity contribution is 7.47.